The highest BCUT2D eigenvalue weighted by atomic mass is 35.5. The van der Waals surface area contributed by atoms with E-state index in [0.29, 0.717) is 5.28 Å². The number of hydrogen-bond acceptors (Lipinski definition) is 4. The Morgan fingerprint density at radius 2 is 1.89 bits per heavy atom. The second kappa shape index (κ2) is 7.64. The molecule has 2 aromatic heterocycles. The fourth-order valence-corrected chi connectivity index (χ4v) is 6.41. The van der Waals surface area contributed by atoms with Gasteiger partial charge in [0, 0.05) is 18.0 Å². The van der Waals surface area contributed by atoms with E-state index in [0.717, 1.165) is 42.0 Å². The normalized spacial score (nSPS) is 20.5. The van der Waals surface area contributed by atoms with Crippen molar-refractivity contribution in [3.8, 4) is 0 Å². The summed E-state index contributed by atoms with van der Waals surface area (Å²) in [6.45, 7) is 4.46. The van der Waals surface area contributed by atoms with Crippen LogP contribution in [0.2, 0.25) is 5.28 Å². The number of piperidine rings is 1. The van der Waals surface area contributed by atoms with Crippen LogP contribution < -0.4 is 4.90 Å². The first-order valence-electron chi connectivity index (χ1n) is 10.4. The lowest BCUT2D eigenvalue weighted by Crippen LogP contribution is -2.35. The zero-order chi connectivity index (χ0) is 19.1. The number of aryl methyl sites for hydroxylation is 1. The van der Waals surface area contributed by atoms with E-state index >= 15 is 0 Å². The van der Waals surface area contributed by atoms with Crippen molar-refractivity contribution < 1.29 is 0 Å². The van der Waals surface area contributed by atoms with E-state index in [1.807, 2.05) is 11.3 Å². The van der Waals surface area contributed by atoms with Gasteiger partial charge in [0.15, 0.2) is 0 Å². The molecule has 3 nitrogen and oxygen atoms in total. The topological polar surface area (TPSA) is 29.0 Å². The number of hydrogen-bond donors (Lipinski definition) is 0. The Balaban J connectivity index is 1.39. The summed E-state index contributed by atoms with van der Waals surface area (Å²) in [6.07, 6.45) is 7.19. The number of nitrogens with zero attached hydrogens (tertiary/aromatic N) is 3. The van der Waals surface area contributed by atoms with Gasteiger partial charge in [-0.15, -0.1) is 11.3 Å². The third kappa shape index (κ3) is 3.53. The molecule has 1 fully saturated rings. The molecule has 0 amide bonds. The van der Waals surface area contributed by atoms with Crippen LogP contribution in [0.3, 0.4) is 0 Å². The molecular formula is C23H26ClN3S. The lowest BCUT2D eigenvalue weighted by atomic mass is 9.88. The van der Waals surface area contributed by atoms with Gasteiger partial charge in [0.1, 0.15) is 10.6 Å². The molecule has 28 heavy (non-hydrogen) atoms. The average molecular weight is 412 g/mol. The van der Waals surface area contributed by atoms with Gasteiger partial charge in [0.25, 0.3) is 0 Å². The highest BCUT2D eigenvalue weighted by molar-refractivity contribution is 7.19. The van der Waals surface area contributed by atoms with Gasteiger partial charge in [-0.05, 0) is 73.1 Å². The standard InChI is InChI=1S/C23H26ClN3S/c1-15-7-8-18-19(13-15)28-22-20(18)21(25-23(24)26-22)27-11-9-17(10-12-27)14-16-5-3-2-4-6-16/h2-6,15,17H,7-14H2,1H3. The summed E-state index contributed by atoms with van der Waals surface area (Å²) in [4.78, 5) is 14.3. The number of halogens is 1. The number of fused-ring (bicyclic) bond motifs is 3. The SMILES string of the molecule is CC1CCc2c(sc3nc(Cl)nc(N4CCC(Cc5ccccc5)CC4)c23)C1. The minimum atomic E-state index is 0.389. The third-order valence-corrected chi connectivity index (χ3v) is 7.71. The van der Waals surface area contributed by atoms with Crippen molar-refractivity contribution in [3.05, 3.63) is 51.6 Å². The lowest BCUT2D eigenvalue weighted by molar-refractivity contribution is 0.402. The van der Waals surface area contributed by atoms with Crippen LogP contribution in [-0.4, -0.2) is 23.1 Å². The minimum absolute atomic E-state index is 0.389. The van der Waals surface area contributed by atoms with Crippen LogP contribution >= 0.6 is 22.9 Å². The van der Waals surface area contributed by atoms with Gasteiger partial charge in [-0.1, -0.05) is 37.3 Å². The van der Waals surface area contributed by atoms with Gasteiger partial charge < -0.3 is 4.90 Å². The molecule has 0 saturated carbocycles. The predicted octanol–water partition coefficient (Wildman–Crippen LogP) is 5.93. The number of rotatable bonds is 3. The summed E-state index contributed by atoms with van der Waals surface area (Å²) in [5.74, 6) is 2.60. The zero-order valence-electron chi connectivity index (χ0n) is 16.3. The first-order chi connectivity index (χ1) is 13.7. The molecular weight excluding hydrogens is 386 g/mol. The molecule has 1 aliphatic heterocycles. The second-order valence-corrected chi connectivity index (χ2v) is 9.89. The van der Waals surface area contributed by atoms with E-state index in [1.54, 1.807) is 0 Å². The Kier molecular flexibility index (Phi) is 5.02. The van der Waals surface area contributed by atoms with Gasteiger partial charge in [0.2, 0.25) is 5.28 Å². The Hall–Kier alpha value is -1.65. The quantitative estimate of drug-likeness (QED) is 0.500. The molecule has 0 radical (unpaired) electrons. The summed E-state index contributed by atoms with van der Waals surface area (Å²) in [7, 11) is 0. The molecule has 0 N–H and O–H groups in total. The van der Waals surface area contributed by atoms with Gasteiger partial charge >= 0.3 is 0 Å². The van der Waals surface area contributed by atoms with Gasteiger partial charge in [0.05, 0.1) is 5.39 Å². The lowest BCUT2D eigenvalue weighted by Gasteiger charge is -2.33. The minimum Gasteiger partial charge on any atom is -0.356 e. The van der Waals surface area contributed by atoms with Crippen molar-refractivity contribution >= 4 is 39.0 Å². The molecule has 1 unspecified atom stereocenters. The Morgan fingerprint density at radius 3 is 2.68 bits per heavy atom. The number of benzene rings is 1. The van der Waals surface area contributed by atoms with Crippen molar-refractivity contribution in [3.63, 3.8) is 0 Å². The second-order valence-electron chi connectivity index (χ2n) is 8.47. The summed E-state index contributed by atoms with van der Waals surface area (Å²) in [5, 5.41) is 1.68. The summed E-state index contributed by atoms with van der Waals surface area (Å²) < 4.78 is 0. The molecule has 0 bridgehead atoms. The third-order valence-electron chi connectivity index (χ3n) is 6.39. The molecule has 3 heterocycles. The number of anilines is 1. The first kappa shape index (κ1) is 18.4. The highest BCUT2D eigenvalue weighted by Gasteiger charge is 2.28. The fourth-order valence-electron chi connectivity index (χ4n) is 4.82. The van der Waals surface area contributed by atoms with E-state index in [9.17, 15) is 0 Å². The van der Waals surface area contributed by atoms with Crippen LogP contribution in [0.1, 0.15) is 42.2 Å². The van der Waals surface area contributed by atoms with Crippen molar-refractivity contribution in [1.29, 1.82) is 0 Å². The molecule has 146 valence electrons. The molecule has 1 aliphatic carbocycles. The van der Waals surface area contributed by atoms with Crippen LogP contribution in [0, 0.1) is 11.8 Å². The Bertz CT molecular complexity index is 976. The van der Waals surface area contributed by atoms with E-state index in [4.69, 9.17) is 16.6 Å². The predicted molar refractivity (Wildman–Crippen MR) is 119 cm³/mol. The Labute approximate surface area is 175 Å². The zero-order valence-corrected chi connectivity index (χ0v) is 17.9. The molecule has 3 aromatic rings. The van der Waals surface area contributed by atoms with Gasteiger partial charge in [-0.3, -0.25) is 0 Å². The van der Waals surface area contributed by atoms with E-state index in [1.165, 1.54) is 53.5 Å². The van der Waals surface area contributed by atoms with Crippen molar-refractivity contribution in [2.45, 2.75) is 45.4 Å². The number of aromatic nitrogens is 2. The number of thiophene rings is 1. The molecule has 5 rings (SSSR count). The molecule has 0 spiro atoms. The van der Waals surface area contributed by atoms with Crippen LogP contribution in [0.4, 0.5) is 5.82 Å². The maximum absolute atomic E-state index is 6.33. The Morgan fingerprint density at radius 1 is 1.11 bits per heavy atom. The van der Waals surface area contributed by atoms with Crippen molar-refractivity contribution in [2.75, 3.05) is 18.0 Å². The van der Waals surface area contributed by atoms with Crippen LogP contribution in [-0.2, 0) is 19.3 Å². The van der Waals surface area contributed by atoms with Crippen LogP contribution in [0.5, 0.6) is 0 Å². The van der Waals surface area contributed by atoms with Crippen LogP contribution in [0.15, 0.2) is 30.3 Å². The summed E-state index contributed by atoms with van der Waals surface area (Å²) in [5.41, 5.74) is 2.95. The van der Waals surface area contributed by atoms with Gasteiger partial charge in [-0.2, -0.15) is 4.98 Å². The maximum atomic E-state index is 6.33. The van der Waals surface area contributed by atoms with E-state index in [2.05, 4.69) is 47.1 Å². The molecule has 2 aliphatic rings. The molecule has 1 saturated heterocycles. The molecule has 1 atom stereocenters. The summed E-state index contributed by atoms with van der Waals surface area (Å²) >= 11 is 8.17. The van der Waals surface area contributed by atoms with Crippen LogP contribution in [0.25, 0.3) is 10.2 Å². The fraction of sp³-hybridized carbons (Fsp3) is 0.478. The van der Waals surface area contributed by atoms with E-state index in [-0.39, 0.29) is 0 Å². The first-order valence-corrected chi connectivity index (χ1v) is 11.6. The van der Waals surface area contributed by atoms with Gasteiger partial charge in [-0.25, -0.2) is 4.98 Å². The average Bonchev–Trinajstić information content (AvgIpc) is 3.05. The summed E-state index contributed by atoms with van der Waals surface area (Å²) in [6, 6.07) is 10.9. The largest absolute Gasteiger partial charge is 0.356 e. The highest BCUT2D eigenvalue weighted by Crippen LogP contribution is 2.42. The smallest absolute Gasteiger partial charge is 0.225 e. The van der Waals surface area contributed by atoms with Crippen molar-refractivity contribution in [2.24, 2.45) is 11.8 Å². The van der Waals surface area contributed by atoms with E-state index < -0.39 is 0 Å². The monoisotopic (exact) mass is 411 g/mol. The molecule has 5 heteroatoms. The van der Waals surface area contributed by atoms with Crippen molar-refractivity contribution in [1.82, 2.24) is 9.97 Å². The molecule has 1 aromatic carbocycles. The maximum Gasteiger partial charge on any atom is 0.225 e.